The molecule has 0 saturated heterocycles. The molecule has 5 nitrogen and oxygen atoms in total. The van der Waals surface area contributed by atoms with E-state index in [-0.39, 0.29) is 5.84 Å². The minimum Gasteiger partial charge on any atom is -0.409 e. The molecule has 0 radical (unpaired) electrons. The second kappa shape index (κ2) is 7.06. The van der Waals surface area contributed by atoms with Gasteiger partial charge in [-0.1, -0.05) is 28.9 Å². The predicted molar refractivity (Wildman–Crippen MR) is 83.4 cm³/mol. The lowest BCUT2D eigenvalue weighted by molar-refractivity contribution is 0.317. The highest BCUT2D eigenvalue weighted by molar-refractivity contribution is 6.30. The lowest BCUT2D eigenvalue weighted by atomic mass is 10.2. The number of pyridine rings is 1. The van der Waals surface area contributed by atoms with Crippen LogP contribution in [0, 0.1) is 0 Å². The molecular weight excluding hydrogens is 288 g/mol. The summed E-state index contributed by atoms with van der Waals surface area (Å²) in [5, 5.41) is 12.4. The normalized spacial score (nSPS) is 11.9. The van der Waals surface area contributed by atoms with Gasteiger partial charge in [-0.05, 0) is 42.4 Å². The van der Waals surface area contributed by atoms with Crippen LogP contribution in [-0.4, -0.2) is 28.0 Å². The molecule has 0 atom stereocenters. The van der Waals surface area contributed by atoms with Gasteiger partial charge >= 0.3 is 0 Å². The lowest BCUT2D eigenvalue weighted by Gasteiger charge is -2.17. The Labute approximate surface area is 128 Å². The fourth-order valence-electron chi connectivity index (χ4n) is 2.03. The minimum atomic E-state index is 0.0113. The molecule has 2 aromatic rings. The van der Waals surface area contributed by atoms with Gasteiger partial charge in [-0.15, -0.1) is 0 Å². The van der Waals surface area contributed by atoms with Gasteiger partial charge in [0.15, 0.2) is 5.84 Å². The molecular formula is C15H17ClN4O. The van der Waals surface area contributed by atoms with Crippen molar-refractivity contribution in [2.24, 2.45) is 10.9 Å². The zero-order valence-electron chi connectivity index (χ0n) is 11.7. The maximum Gasteiger partial charge on any atom is 0.188 e. The molecule has 0 amide bonds. The zero-order chi connectivity index (χ0) is 15.2. The van der Waals surface area contributed by atoms with Crippen LogP contribution in [0.4, 0.5) is 0 Å². The average Bonchev–Trinajstić information content (AvgIpc) is 2.49. The summed E-state index contributed by atoms with van der Waals surface area (Å²) in [6.07, 6.45) is 1.65. The molecule has 1 aromatic carbocycles. The summed E-state index contributed by atoms with van der Waals surface area (Å²) in [6.45, 7) is 1.54. The van der Waals surface area contributed by atoms with E-state index in [0.717, 1.165) is 23.7 Å². The summed E-state index contributed by atoms with van der Waals surface area (Å²) in [7, 11) is 2.03. The SMILES string of the molecule is CN(Cc1ccc(Cl)cc1)Cc1ccnc(C(N)=NO)c1. The Hall–Kier alpha value is -2.11. The van der Waals surface area contributed by atoms with Crippen molar-refractivity contribution >= 4 is 17.4 Å². The van der Waals surface area contributed by atoms with Crippen LogP contribution in [0.5, 0.6) is 0 Å². The molecule has 0 bridgehead atoms. The number of nitrogens with two attached hydrogens (primary N) is 1. The van der Waals surface area contributed by atoms with Gasteiger partial charge in [0.05, 0.1) is 0 Å². The first-order valence-electron chi connectivity index (χ1n) is 6.44. The molecule has 110 valence electrons. The minimum absolute atomic E-state index is 0.0113. The molecule has 1 aromatic heterocycles. The van der Waals surface area contributed by atoms with Gasteiger partial charge in [0, 0.05) is 24.3 Å². The Morgan fingerprint density at radius 1 is 1.24 bits per heavy atom. The molecule has 6 heteroatoms. The third kappa shape index (κ3) is 4.44. The highest BCUT2D eigenvalue weighted by Gasteiger charge is 2.05. The largest absolute Gasteiger partial charge is 0.409 e. The fraction of sp³-hybridized carbons (Fsp3) is 0.200. The van der Waals surface area contributed by atoms with Crippen LogP contribution >= 0.6 is 11.6 Å². The van der Waals surface area contributed by atoms with Crippen LogP contribution in [-0.2, 0) is 13.1 Å². The Morgan fingerprint density at radius 3 is 2.57 bits per heavy atom. The van der Waals surface area contributed by atoms with Gasteiger partial charge in [-0.2, -0.15) is 0 Å². The first-order chi connectivity index (χ1) is 10.1. The van der Waals surface area contributed by atoms with Gasteiger partial charge in [-0.25, -0.2) is 0 Å². The van der Waals surface area contributed by atoms with Crippen molar-refractivity contribution in [3.8, 4) is 0 Å². The number of benzene rings is 1. The van der Waals surface area contributed by atoms with E-state index in [2.05, 4.69) is 15.0 Å². The fourth-order valence-corrected chi connectivity index (χ4v) is 2.16. The number of rotatable bonds is 5. The summed E-state index contributed by atoms with van der Waals surface area (Å²) >= 11 is 5.87. The first kappa shape index (κ1) is 15.3. The molecule has 3 N–H and O–H groups in total. The van der Waals surface area contributed by atoms with Gasteiger partial charge < -0.3 is 10.9 Å². The molecule has 2 rings (SSSR count). The highest BCUT2D eigenvalue weighted by atomic mass is 35.5. The number of nitrogens with zero attached hydrogens (tertiary/aromatic N) is 3. The standard InChI is InChI=1S/C15H17ClN4O/c1-20(9-11-2-4-13(16)5-3-11)10-12-6-7-18-14(8-12)15(17)19-21/h2-8,21H,9-10H2,1H3,(H2,17,19). The van der Waals surface area contributed by atoms with Crippen LogP contribution in [0.15, 0.2) is 47.8 Å². The average molecular weight is 305 g/mol. The molecule has 1 heterocycles. The smallest absolute Gasteiger partial charge is 0.188 e. The van der Waals surface area contributed by atoms with Crippen LogP contribution in [0.3, 0.4) is 0 Å². The number of hydrogen-bond donors (Lipinski definition) is 2. The quantitative estimate of drug-likeness (QED) is 0.385. The van der Waals surface area contributed by atoms with Gasteiger partial charge in [0.2, 0.25) is 0 Å². The van der Waals surface area contributed by atoms with E-state index in [0.29, 0.717) is 5.69 Å². The predicted octanol–water partition coefficient (Wildman–Crippen LogP) is 2.46. The van der Waals surface area contributed by atoms with Crippen LogP contribution in [0.25, 0.3) is 0 Å². The van der Waals surface area contributed by atoms with E-state index in [9.17, 15) is 0 Å². The highest BCUT2D eigenvalue weighted by Crippen LogP contribution is 2.12. The van der Waals surface area contributed by atoms with E-state index in [1.807, 2.05) is 43.4 Å². The molecule has 0 fully saturated rings. The molecule has 0 aliphatic rings. The number of oxime groups is 1. The molecule has 21 heavy (non-hydrogen) atoms. The lowest BCUT2D eigenvalue weighted by Crippen LogP contribution is -2.19. The van der Waals surface area contributed by atoms with E-state index in [1.54, 1.807) is 6.20 Å². The topological polar surface area (TPSA) is 74.7 Å². The zero-order valence-corrected chi connectivity index (χ0v) is 12.5. The van der Waals surface area contributed by atoms with E-state index in [1.165, 1.54) is 5.56 Å². The van der Waals surface area contributed by atoms with Crippen LogP contribution in [0.2, 0.25) is 5.02 Å². The van der Waals surface area contributed by atoms with Crippen molar-refractivity contribution in [3.63, 3.8) is 0 Å². The van der Waals surface area contributed by atoms with Crippen molar-refractivity contribution < 1.29 is 5.21 Å². The van der Waals surface area contributed by atoms with Gasteiger partial charge in [0.1, 0.15) is 5.69 Å². The second-order valence-electron chi connectivity index (χ2n) is 4.83. The third-order valence-electron chi connectivity index (χ3n) is 3.01. The number of aromatic nitrogens is 1. The Bertz CT molecular complexity index is 628. The maximum atomic E-state index is 8.68. The van der Waals surface area contributed by atoms with Crippen molar-refractivity contribution in [3.05, 3.63) is 64.4 Å². The first-order valence-corrected chi connectivity index (χ1v) is 6.82. The summed E-state index contributed by atoms with van der Waals surface area (Å²) in [6, 6.07) is 11.5. The summed E-state index contributed by atoms with van der Waals surface area (Å²) < 4.78 is 0. The van der Waals surface area contributed by atoms with E-state index >= 15 is 0 Å². The number of hydrogen-bond acceptors (Lipinski definition) is 4. The molecule has 0 unspecified atom stereocenters. The number of halogens is 1. The van der Waals surface area contributed by atoms with Crippen molar-refractivity contribution in [2.45, 2.75) is 13.1 Å². The van der Waals surface area contributed by atoms with Crippen LogP contribution in [0.1, 0.15) is 16.8 Å². The van der Waals surface area contributed by atoms with E-state index in [4.69, 9.17) is 22.5 Å². The maximum absolute atomic E-state index is 8.68. The summed E-state index contributed by atoms with van der Waals surface area (Å²) in [4.78, 5) is 6.22. The third-order valence-corrected chi connectivity index (χ3v) is 3.26. The van der Waals surface area contributed by atoms with Gasteiger partial charge in [-0.3, -0.25) is 9.88 Å². The Balaban J connectivity index is 2.02. The Kier molecular flexibility index (Phi) is 5.14. The molecule has 0 spiro atoms. The Morgan fingerprint density at radius 2 is 1.90 bits per heavy atom. The van der Waals surface area contributed by atoms with E-state index < -0.39 is 0 Å². The molecule has 0 saturated carbocycles. The second-order valence-corrected chi connectivity index (χ2v) is 5.27. The number of amidine groups is 1. The molecule has 0 aliphatic carbocycles. The molecule has 0 aliphatic heterocycles. The van der Waals surface area contributed by atoms with Gasteiger partial charge in [0.25, 0.3) is 0 Å². The summed E-state index contributed by atoms with van der Waals surface area (Å²) in [5.74, 6) is 0.0113. The van der Waals surface area contributed by atoms with Crippen molar-refractivity contribution in [1.29, 1.82) is 0 Å². The van der Waals surface area contributed by atoms with Crippen LogP contribution < -0.4 is 5.73 Å². The monoisotopic (exact) mass is 304 g/mol. The summed E-state index contributed by atoms with van der Waals surface area (Å²) in [5.41, 5.74) is 8.24. The van der Waals surface area contributed by atoms with Crippen molar-refractivity contribution in [1.82, 2.24) is 9.88 Å². The van der Waals surface area contributed by atoms with Crippen molar-refractivity contribution in [2.75, 3.05) is 7.05 Å².